The standard InChI is InChI=1S/C19H25N3O2/c1-19(2,3)17-11-18(21-13-20-17)22-14-6-4-7-15(10-14)24-12-16-8-5-9-23-16/h4,6-7,10-11,13,16H,5,8-9,12H2,1-3H3,(H,20,21,22). The van der Waals surface area contributed by atoms with Crippen molar-refractivity contribution in [3.63, 3.8) is 0 Å². The fourth-order valence-electron chi connectivity index (χ4n) is 2.61. The van der Waals surface area contributed by atoms with Gasteiger partial charge in [0.1, 0.15) is 24.5 Å². The summed E-state index contributed by atoms with van der Waals surface area (Å²) in [5.74, 6) is 1.62. The molecule has 1 aliphatic rings. The van der Waals surface area contributed by atoms with Crippen LogP contribution < -0.4 is 10.1 Å². The van der Waals surface area contributed by atoms with E-state index in [2.05, 4.69) is 36.1 Å². The predicted molar refractivity (Wildman–Crippen MR) is 94.9 cm³/mol. The van der Waals surface area contributed by atoms with Crippen molar-refractivity contribution in [3.05, 3.63) is 42.4 Å². The van der Waals surface area contributed by atoms with E-state index in [1.807, 2.05) is 30.3 Å². The van der Waals surface area contributed by atoms with Gasteiger partial charge < -0.3 is 14.8 Å². The van der Waals surface area contributed by atoms with Gasteiger partial charge in [0.25, 0.3) is 0 Å². The molecule has 1 fully saturated rings. The van der Waals surface area contributed by atoms with Crippen molar-refractivity contribution in [2.24, 2.45) is 0 Å². The molecule has 1 saturated heterocycles. The lowest BCUT2D eigenvalue weighted by Gasteiger charge is -2.18. The van der Waals surface area contributed by atoms with Gasteiger partial charge in [-0.2, -0.15) is 0 Å². The SMILES string of the molecule is CC(C)(C)c1cc(Nc2cccc(OCC3CCCO3)c2)ncn1. The second-order valence-corrected chi connectivity index (χ2v) is 7.14. The molecule has 1 aromatic heterocycles. The van der Waals surface area contributed by atoms with E-state index in [0.717, 1.165) is 42.4 Å². The maximum absolute atomic E-state index is 5.85. The van der Waals surface area contributed by atoms with Crippen LogP contribution in [-0.2, 0) is 10.2 Å². The summed E-state index contributed by atoms with van der Waals surface area (Å²) in [5.41, 5.74) is 1.94. The van der Waals surface area contributed by atoms with E-state index in [0.29, 0.717) is 6.61 Å². The zero-order chi connectivity index (χ0) is 17.0. The molecule has 1 aromatic carbocycles. The summed E-state index contributed by atoms with van der Waals surface area (Å²) in [4.78, 5) is 8.66. The van der Waals surface area contributed by atoms with Crippen molar-refractivity contribution in [1.82, 2.24) is 9.97 Å². The number of aromatic nitrogens is 2. The minimum absolute atomic E-state index is 0.00832. The molecule has 0 bridgehead atoms. The van der Waals surface area contributed by atoms with Gasteiger partial charge in [0.05, 0.1) is 11.8 Å². The van der Waals surface area contributed by atoms with E-state index in [4.69, 9.17) is 9.47 Å². The molecule has 3 rings (SSSR count). The lowest BCUT2D eigenvalue weighted by molar-refractivity contribution is 0.0680. The van der Waals surface area contributed by atoms with E-state index < -0.39 is 0 Å². The smallest absolute Gasteiger partial charge is 0.134 e. The van der Waals surface area contributed by atoms with E-state index in [1.165, 1.54) is 0 Å². The van der Waals surface area contributed by atoms with E-state index >= 15 is 0 Å². The molecule has 1 N–H and O–H groups in total. The second kappa shape index (κ2) is 7.18. The first kappa shape index (κ1) is 16.7. The van der Waals surface area contributed by atoms with Crippen LogP contribution in [0.4, 0.5) is 11.5 Å². The van der Waals surface area contributed by atoms with Crippen LogP contribution in [0.2, 0.25) is 0 Å². The van der Waals surface area contributed by atoms with Crippen molar-refractivity contribution in [3.8, 4) is 5.75 Å². The normalized spacial score (nSPS) is 17.7. The largest absolute Gasteiger partial charge is 0.491 e. The predicted octanol–water partition coefficient (Wildman–Crippen LogP) is 4.08. The first-order valence-electron chi connectivity index (χ1n) is 8.45. The average Bonchev–Trinajstić information content (AvgIpc) is 3.06. The van der Waals surface area contributed by atoms with Gasteiger partial charge >= 0.3 is 0 Å². The highest BCUT2D eigenvalue weighted by Crippen LogP contribution is 2.25. The Hall–Kier alpha value is -2.14. The van der Waals surface area contributed by atoms with Crippen LogP contribution >= 0.6 is 0 Å². The first-order valence-corrected chi connectivity index (χ1v) is 8.45. The summed E-state index contributed by atoms with van der Waals surface area (Å²) in [7, 11) is 0. The number of ether oxygens (including phenoxy) is 2. The molecule has 1 aliphatic heterocycles. The summed E-state index contributed by atoms with van der Waals surface area (Å²) < 4.78 is 11.4. The molecule has 0 aliphatic carbocycles. The van der Waals surface area contributed by atoms with Crippen molar-refractivity contribution in [1.29, 1.82) is 0 Å². The van der Waals surface area contributed by atoms with Crippen LogP contribution in [0.15, 0.2) is 36.7 Å². The Bertz CT molecular complexity index is 676. The molecule has 1 unspecified atom stereocenters. The molecular formula is C19H25N3O2. The first-order chi connectivity index (χ1) is 11.5. The van der Waals surface area contributed by atoms with E-state index in [-0.39, 0.29) is 11.5 Å². The molecule has 0 radical (unpaired) electrons. The Balaban J connectivity index is 1.66. The van der Waals surface area contributed by atoms with Crippen molar-refractivity contribution in [2.45, 2.75) is 45.1 Å². The van der Waals surface area contributed by atoms with Gasteiger partial charge in [-0.1, -0.05) is 26.8 Å². The third-order valence-electron chi connectivity index (χ3n) is 4.00. The van der Waals surface area contributed by atoms with Gasteiger partial charge in [-0.15, -0.1) is 0 Å². The minimum Gasteiger partial charge on any atom is -0.491 e. The second-order valence-electron chi connectivity index (χ2n) is 7.14. The van der Waals surface area contributed by atoms with Crippen molar-refractivity contribution in [2.75, 3.05) is 18.5 Å². The minimum atomic E-state index is -0.00832. The van der Waals surface area contributed by atoms with Crippen molar-refractivity contribution >= 4 is 11.5 Å². The molecule has 24 heavy (non-hydrogen) atoms. The number of hydrogen-bond donors (Lipinski definition) is 1. The van der Waals surface area contributed by atoms with Gasteiger partial charge in [0.15, 0.2) is 0 Å². The average molecular weight is 327 g/mol. The number of rotatable bonds is 5. The molecule has 0 amide bonds. The number of benzene rings is 1. The maximum Gasteiger partial charge on any atom is 0.134 e. The van der Waals surface area contributed by atoms with Gasteiger partial charge in [0, 0.05) is 29.8 Å². The summed E-state index contributed by atoms with van der Waals surface area (Å²) in [6, 6.07) is 9.89. The highest BCUT2D eigenvalue weighted by Gasteiger charge is 2.17. The van der Waals surface area contributed by atoms with Crippen LogP contribution in [0.1, 0.15) is 39.3 Å². The maximum atomic E-state index is 5.85. The van der Waals surface area contributed by atoms with Crippen LogP contribution in [0, 0.1) is 0 Å². The zero-order valence-electron chi connectivity index (χ0n) is 14.6. The summed E-state index contributed by atoms with van der Waals surface area (Å²) in [6.45, 7) is 7.86. The molecule has 2 heterocycles. The van der Waals surface area contributed by atoms with Crippen LogP contribution in [0.25, 0.3) is 0 Å². The Kier molecular flexibility index (Phi) is 5.00. The highest BCUT2D eigenvalue weighted by molar-refractivity contribution is 5.58. The molecular weight excluding hydrogens is 302 g/mol. The van der Waals surface area contributed by atoms with Crippen LogP contribution in [-0.4, -0.2) is 29.3 Å². The molecule has 5 heteroatoms. The lowest BCUT2D eigenvalue weighted by Crippen LogP contribution is -2.16. The molecule has 128 valence electrons. The number of hydrogen-bond acceptors (Lipinski definition) is 5. The Morgan fingerprint density at radius 3 is 2.88 bits per heavy atom. The summed E-state index contributed by atoms with van der Waals surface area (Å²) in [6.07, 6.45) is 4.02. The lowest BCUT2D eigenvalue weighted by atomic mass is 9.92. The Morgan fingerprint density at radius 1 is 1.25 bits per heavy atom. The molecule has 5 nitrogen and oxygen atoms in total. The molecule has 0 saturated carbocycles. The number of nitrogens with one attached hydrogen (secondary N) is 1. The van der Waals surface area contributed by atoms with Gasteiger partial charge in [-0.3, -0.25) is 0 Å². The fraction of sp³-hybridized carbons (Fsp3) is 0.474. The van der Waals surface area contributed by atoms with Crippen LogP contribution in [0.3, 0.4) is 0 Å². The van der Waals surface area contributed by atoms with E-state index in [9.17, 15) is 0 Å². The Labute approximate surface area is 143 Å². The van der Waals surface area contributed by atoms with Gasteiger partial charge in [-0.05, 0) is 25.0 Å². The molecule has 2 aromatic rings. The summed E-state index contributed by atoms with van der Waals surface area (Å²) >= 11 is 0. The number of anilines is 2. The fourth-order valence-corrected chi connectivity index (χ4v) is 2.61. The highest BCUT2D eigenvalue weighted by atomic mass is 16.5. The Morgan fingerprint density at radius 2 is 2.12 bits per heavy atom. The van der Waals surface area contributed by atoms with Gasteiger partial charge in [-0.25, -0.2) is 9.97 Å². The molecule has 1 atom stereocenters. The third-order valence-corrected chi connectivity index (χ3v) is 4.00. The monoisotopic (exact) mass is 327 g/mol. The number of nitrogens with zero attached hydrogens (tertiary/aromatic N) is 2. The molecule has 0 spiro atoms. The van der Waals surface area contributed by atoms with Crippen molar-refractivity contribution < 1.29 is 9.47 Å². The zero-order valence-corrected chi connectivity index (χ0v) is 14.6. The van der Waals surface area contributed by atoms with Gasteiger partial charge in [0.2, 0.25) is 0 Å². The quantitative estimate of drug-likeness (QED) is 0.897. The van der Waals surface area contributed by atoms with E-state index in [1.54, 1.807) is 6.33 Å². The van der Waals surface area contributed by atoms with Crippen LogP contribution in [0.5, 0.6) is 5.75 Å². The summed E-state index contributed by atoms with van der Waals surface area (Å²) in [5, 5.41) is 3.32. The topological polar surface area (TPSA) is 56.3 Å². The third kappa shape index (κ3) is 4.45.